The second-order valence-corrected chi connectivity index (χ2v) is 5.58. The molecule has 2 nitrogen and oxygen atoms in total. The average Bonchev–Trinajstić information content (AvgIpc) is 3.01. The first-order valence-corrected chi connectivity index (χ1v) is 7.11. The minimum Gasteiger partial charge on any atom is -0.312 e. The van der Waals surface area contributed by atoms with Crippen molar-refractivity contribution in [2.24, 2.45) is 0 Å². The molecule has 0 aromatic heterocycles. The van der Waals surface area contributed by atoms with E-state index in [1.54, 1.807) is 0 Å². The quantitative estimate of drug-likeness (QED) is 0.718. The van der Waals surface area contributed by atoms with Crippen molar-refractivity contribution in [2.45, 2.75) is 63.1 Å². The monoisotopic (exact) mass is 220 g/mol. The third-order valence-electron chi connectivity index (χ3n) is 4.56. The predicted octanol–water partition coefficient (Wildman–Crippen LogP) is 2.31. The molecular weight excluding hydrogens is 196 g/mol. The van der Waals surface area contributed by atoms with E-state index in [-0.39, 0.29) is 0 Å². The third kappa shape index (κ3) is 2.05. The molecule has 3 rings (SSSR count). The Morgan fingerprint density at radius 1 is 1.06 bits per heavy atom. The SMILES string of the molecule is C1=CC(N2CCCC2C2CCCN2)CCC1. The van der Waals surface area contributed by atoms with Gasteiger partial charge in [-0.25, -0.2) is 0 Å². The highest BCUT2D eigenvalue weighted by atomic mass is 15.2. The summed E-state index contributed by atoms with van der Waals surface area (Å²) in [5.74, 6) is 0. The van der Waals surface area contributed by atoms with Crippen LogP contribution in [0.5, 0.6) is 0 Å². The molecule has 0 aromatic rings. The van der Waals surface area contributed by atoms with Crippen LogP contribution in [0.15, 0.2) is 12.2 Å². The molecule has 0 saturated carbocycles. The molecule has 2 heterocycles. The van der Waals surface area contributed by atoms with Gasteiger partial charge in [-0.05, 0) is 58.0 Å². The van der Waals surface area contributed by atoms with Crippen LogP contribution in [0.3, 0.4) is 0 Å². The van der Waals surface area contributed by atoms with Crippen LogP contribution in [0.2, 0.25) is 0 Å². The van der Waals surface area contributed by atoms with Crippen LogP contribution in [-0.2, 0) is 0 Å². The van der Waals surface area contributed by atoms with Gasteiger partial charge >= 0.3 is 0 Å². The summed E-state index contributed by atoms with van der Waals surface area (Å²) in [6, 6.07) is 2.37. The lowest BCUT2D eigenvalue weighted by Gasteiger charge is -2.35. The first-order valence-electron chi connectivity index (χ1n) is 7.11. The van der Waals surface area contributed by atoms with Gasteiger partial charge in [0.1, 0.15) is 0 Å². The summed E-state index contributed by atoms with van der Waals surface area (Å²) in [5.41, 5.74) is 0. The fourth-order valence-corrected chi connectivity index (χ4v) is 3.77. The topological polar surface area (TPSA) is 15.3 Å². The highest BCUT2D eigenvalue weighted by Gasteiger charge is 2.36. The van der Waals surface area contributed by atoms with Gasteiger partial charge < -0.3 is 5.32 Å². The summed E-state index contributed by atoms with van der Waals surface area (Å²) < 4.78 is 0. The second kappa shape index (κ2) is 4.89. The minimum atomic E-state index is 0.753. The average molecular weight is 220 g/mol. The van der Waals surface area contributed by atoms with E-state index in [1.807, 2.05) is 0 Å². The maximum Gasteiger partial charge on any atom is 0.0281 e. The Kier molecular flexibility index (Phi) is 3.30. The van der Waals surface area contributed by atoms with E-state index in [0.717, 1.165) is 18.1 Å². The smallest absolute Gasteiger partial charge is 0.0281 e. The zero-order valence-corrected chi connectivity index (χ0v) is 10.2. The molecule has 90 valence electrons. The van der Waals surface area contributed by atoms with E-state index in [2.05, 4.69) is 22.4 Å². The Morgan fingerprint density at radius 3 is 2.81 bits per heavy atom. The molecule has 0 radical (unpaired) electrons. The van der Waals surface area contributed by atoms with E-state index >= 15 is 0 Å². The molecule has 3 atom stereocenters. The lowest BCUT2D eigenvalue weighted by Crippen LogP contribution is -2.48. The molecule has 2 heteroatoms. The molecule has 2 aliphatic heterocycles. The van der Waals surface area contributed by atoms with Gasteiger partial charge in [0.2, 0.25) is 0 Å². The van der Waals surface area contributed by atoms with Gasteiger partial charge in [0.15, 0.2) is 0 Å². The number of hydrogen-bond donors (Lipinski definition) is 1. The number of rotatable bonds is 2. The summed E-state index contributed by atoms with van der Waals surface area (Å²) in [5, 5.41) is 3.70. The van der Waals surface area contributed by atoms with E-state index < -0.39 is 0 Å². The summed E-state index contributed by atoms with van der Waals surface area (Å²) in [6.07, 6.45) is 14.6. The van der Waals surface area contributed by atoms with Crippen LogP contribution >= 0.6 is 0 Å². The molecule has 1 aliphatic carbocycles. The van der Waals surface area contributed by atoms with Crippen molar-refractivity contribution < 1.29 is 0 Å². The maximum absolute atomic E-state index is 3.70. The molecule has 0 spiro atoms. The van der Waals surface area contributed by atoms with E-state index in [1.165, 1.54) is 58.0 Å². The van der Waals surface area contributed by atoms with Crippen LogP contribution in [0.25, 0.3) is 0 Å². The molecule has 3 unspecified atom stereocenters. The summed E-state index contributed by atoms with van der Waals surface area (Å²) >= 11 is 0. The van der Waals surface area contributed by atoms with Gasteiger partial charge in [0.25, 0.3) is 0 Å². The zero-order valence-electron chi connectivity index (χ0n) is 10.2. The fraction of sp³-hybridized carbons (Fsp3) is 0.857. The van der Waals surface area contributed by atoms with E-state index in [0.29, 0.717) is 0 Å². The molecule has 3 aliphatic rings. The summed E-state index contributed by atoms with van der Waals surface area (Å²) in [7, 11) is 0. The van der Waals surface area contributed by atoms with Crippen LogP contribution in [-0.4, -0.2) is 36.1 Å². The van der Waals surface area contributed by atoms with Crippen molar-refractivity contribution in [1.29, 1.82) is 0 Å². The normalized spacial score (nSPS) is 40.6. The van der Waals surface area contributed by atoms with E-state index in [9.17, 15) is 0 Å². The number of allylic oxidation sites excluding steroid dienone is 1. The van der Waals surface area contributed by atoms with Crippen LogP contribution in [0.1, 0.15) is 44.9 Å². The van der Waals surface area contributed by atoms with Crippen molar-refractivity contribution in [2.75, 3.05) is 13.1 Å². The predicted molar refractivity (Wildman–Crippen MR) is 67.5 cm³/mol. The number of likely N-dealkylation sites (tertiary alicyclic amines) is 1. The zero-order chi connectivity index (χ0) is 10.8. The highest BCUT2D eigenvalue weighted by Crippen LogP contribution is 2.29. The van der Waals surface area contributed by atoms with Gasteiger partial charge in [-0.2, -0.15) is 0 Å². The number of hydrogen-bond acceptors (Lipinski definition) is 2. The summed E-state index contributed by atoms with van der Waals surface area (Å²) in [4.78, 5) is 2.79. The van der Waals surface area contributed by atoms with Crippen LogP contribution in [0, 0.1) is 0 Å². The molecule has 0 amide bonds. The molecular formula is C14H24N2. The van der Waals surface area contributed by atoms with Gasteiger partial charge in [0.05, 0.1) is 0 Å². The van der Waals surface area contributed by atoms with Crippen molar-refractivity contribution in [3.63, 3.8) is 0 Å². The third-order valence-corrected chi connectivity index (χ3v) is 4.56. The standard InChI is InChI=1S/C14H24N2/c1-2-6-12(7-3-1)16-11-5-9-14(16)13-8-4-10-15-13/h2,6,12-15H,1,3-5,7-11H2. The molecule has 2 saturated heterocycles. The summed E-state index contributed by atoms with van der Waals surface area (Å²) in [6.45, 7) is 2.58. The lowest BCUT2D eigenvalue weighted by atomic mass is 9.98. The lowest BCUT2D eigenvalue weighted by molar-refractivity contribution is 0.168. The Hall–Kier alpha value is -0.340. The number of nitrogens with one attached hydrogen (secondary N) is 1. The van der Waals surface area contributed by atoms with Crippen LogP contribution in [0.4, 0.5) is 0 Å². The van der Waals surface area contributed by atoms with Crippen LogP contribution < -0.4 is 5.32 Å². The Bertz CT molecular complexity index is 255. The molecule has 0 bridgehead atoms. The van der Waals surface area contributed by atoms with Gasteiger partial charge in [-0.15, -0.1) is 0 Å². The van der Waals surface area contributed by atoms with Crippen molar-refractivity contribution in [3.05, 3.63) is 12.2 Å². The van der Waals surface area contributed by atoms with Gasteiger partial charge in [-0.3, -0.25) is 4.90 Å². The molecule has 0 aromatic carbocycles. The second-order valence-electron chi connectivity index (χ2n) is 5.58. The molecule has 16 heavy (non-hydrogen) atoms. The fourth-order valence-electron chi connectivity index (χ4n) is 3.77. The van der Waals surface area contributed by atoms with Crippen molar-refractivity contribution in [1.82, 2.24) is 10.2 Å². The van der Waals surface area contributed by atoms with Gasteiger partial charge in [0, 0.05) is 18.1 Å². The minimum absolute atomic E-state index is 0.753. The Morgan fingerprint density at radius 2 is 2.06 bits per heavy atom. The maximum atomic E-state index is 3.70. The van der Waals surface area contributed by atoms with Gasteiger partial charge in [-0.1, -0.05) is 12.2 Å². The number of nitrogens with zero attached hydrogens (tertiary/aromatic N) is 1. The Balaban J connectivity index is 1.67. The first-order chi connectivity index (χ1) is 7.95. The highest BCUT2D eigenvalue weighted by molar-refractivity contribution is 5.04. The molecule has 1 N–H and O–H groups in total. The van der Waals surface area contributed by atoms with E-state index in [4.69, 9.17) is 0 Å². The molecule has 2 fully saturated rings. The first kappa shape index (κ1) is 10.8. The Labute approximate surface area is 99.1 Å². The largest absolute Gasteiger partial charge is 0.312 e. The van der Waals surface area contributed by atoms with Crippen molar-refractivity contribution in [3.8, 4) is 0 Å². The van der Waals surface area contributed by atoms with Crippen molar-refractivity contribution >= 4 is 0 Å².